The molecule has 0 amide bonds. The van der Waals surface area contributed by atoms with E-state index in [4.69, 9.17) is 9.84 Å². The number of nitrogens with zero attached hydrogens (tertiary/aromatic N) is 3. The number of aliphatic hydroxyl groups excluding tert-OH is 1. The van der Waals surface area contributed by atoms with Gasteiger partial charge in [0.25, 0.3) is 0 Å². The molecule has 0 spiro atoms. The predicted octanol–water partition coefficient (Wildman–Crippen LogP) is -0.210. The van der Waals surface area contributed by atoms with Crippen molar-refractivity contribution < 1.29 is 14.6 Å². The number of aliphatic hydroxyl groups is 1. The Bertz CT molecular complexity index is 311. The Labute approximate surface area is 81.5 Å². The third kappa shape index (κ3) is 1.97. The van der Waals surface area contributed by atoms with E-state index in [9.17, 15) is 4.79 Å². The summed E-state index contributed by atoms with van der Waals surface area (Å²) in [7, 11) is 1.54. The van der Waals surface area contributed by atoms with E-state index < -0.39 is 0 Å². The summed E-state index contributed by atoms with van der Waals surface area (Å²) in [5.74, 6) is 0. The zero-order valence-electron chi connectivity index (χ0n) is 8.17. The molecule has 1 atom stereocenters. The Balaban J connectivity index is 3.05. The number of hydrogen-bond donors (Lipinski definition) is 1. The van der Waals surface area contributed by atoms with Crippen molar-refractivity contribution in [1.29, 1.82) is 0 Å². The molecule has 0 fully saturated rings. The molecule has 0 saturated carbocycles. The molecule has 0 aliphatic rings. The molecular formula is C8H13N3O3. The van der Waals surface area contributed by atoms with Crippen molar-refractivity contribution in [3.8, 4) is 0 Å². The van der Waals surface area contributed by atoms with Gasteiger partial charge in [0.15, 0.2) is 12.0 Å². The molecule has 1 heterocycles. The summed E-state index contributed by atoms with van der Waals surface area (Å²) in [6.45, 7) is 2.05. The Morgan fingerprint density at radius 3 is 2.93 bits per heavy atom. The van der Waals surface area contributed by atoms with Gasteiger partial charge in [-0.25, -0.2) is 4.68 Å². The van der Waals surface area contributed by atoms with E-state index in [2.05, 4.69) is 10.3 Å². The highest BCUT2D eigenvalue weighted by atomic mass is 16.5. The number of ether oxygens (including phenoxy) is 1. The van der Waals surface area contributed by atoms with Crippen LogP contribution in [0, 0.1) is 0 Å². The summed E-state index contributed by atoms with van der Waals surface area (Å²) in [4.78, 5) is 10.6. The second-order valence-electron chi connectivity index (χ2n) is 2.80. The molecule has 6 nitrogen and oxygen atoms in total. The molecule has 1 N–H and O–H groups in total. The number of rotatable bonds is 5. The molecule has 6 heteroatoms. The van der Waals surface area contributed by atoms with E-state index in [1.807, 2.05) is 0 Å². The lowest BCUT2D eigenvalue weighted by Crippen LogP contribution is -2.12. The Morgan fingerprint density at radius 2 is 2.43 bits per heavy atom. The molecule has 0 saturated heterocycles. The minimum atomic E-state index is -0.267. The molecule has 0 aliphatic carbocycles. The lowest BCUT2D eigenvalue weighted by Gasteiger charge is -2.11. The molecular weight excluding hydrogens is 186 g/mol. The molecule has 1 rings (SSSR count). The number of methoxy groups -OCH3 is 1. The van der Waals surface area contributed by atoms with Gasteiger partial charge in [0, 0.05) is 7.11 Å². The van der Waals surface area contributed by atoms with E-state index >= 15 is 0 Å². The average molecular weight is 199 g/mol. The van der Waals surface area contributed by atoms with Gasteiger partial charge in [0.05, 0.1) is 24.9 Å². The van der Waals surface area contributed by atoms with Crippen LogP contribution in [0.1, 0.15) is 29.2 Å². The van der Waals surface area contributed by atoms with E-state index in [0.717, 1.165) is 0 Å². The molecule has 1 aromatic heterocycles. The molecule has 1 aromatic rings. The standard InChI is InChI=1S/C8H13N3O3/c1-6(14-2)8-7(5-13)9-10-11(8)3-4-12/h5-6,12H,3-4H2,1-2H3. The van der Waals surface area contributed by atoms with Crippen LogP contribution < -0.4 is 0 Å². The summed E-state index contributed by atoms with van der Waals surface area (Å²) < 4.78 is 6.55. The fourth-order valence-corrected chi connectivity index (χ4v) is 1.21. The fourth-order valence-electron chi connectivity index (χ4n) is 1.21. The minimum absolute atomic E-state index is 0.0505. The number of carbonyl (C=O) groups is 1. The largest absolute Gasteiger partial charge is 0.394 e. The molecule has 0 aliphatic heterocycles. The molecule has 1 unspecified atom stereocenters. The van der Waals surface area contributed by atoms with E-state index in [0.29, 0.717) is 18.5 Å². The normalized spacial score (nSPS) is 12.8. The van der Waals surface area contributed by atoms with Gasteiger partial charge in [-0.2, -0.15) is 0 Å². The molecule has 14 heavy (non-hydrogen) atoms. The summed E-state index contributed by atoms with van der Waals surface area (Å²) >= 11 is 0. The zero-order chi connectivity index (χ0) is 10.6. The van der Waals surface area contributed by atoms with Crippen molar-refractivity contribution in [1.82, 2.24) is 15.0 Å². The van der Waals surface area contributed by atoms with Crippen LogP contribution in [0.25, 0.3) is 0 Å². The van der Waals surface area contributed by atoms with E-state index in [-0.39, 0.29) is 18.4 Å². The van der Waals surface area contributed by atoms with Gasteiger partial charge < -0.3 is 9.84 Å². The second kappa shape index (κ2) is 4.83. The lowest BCUT2D eigenvalue weighted by atomic mass is 10.2. The average Bonchev–Trinajstić information content (AvgIpc) is 2.60. The Kier molecular flexibility index (Phi) is 3.73. The van der Waals surface area contributed by atoms with Crippen LogP contribution in [0.2, 0.25) is 0 Å². The topological polar surface area (TPSA) is 77.2 Å². The highest BCUT2D eigenvalue weighted by Gasteiger charge is 2.17. The maximum absolute atomic E-state index is 10.6. The van der Waals surface area contributed by atoms with Crippen LogP contribution in [0.5, 0.6) is 0 Å². The van der Waals surface area contributed by atoms with Crippen LogP contribution in [0.4, 0.5) is 0 Å². The van der Waals surface area contributed by atoms with Gasteiger partial charge in [0.2, 0.25) is 0 Å². The minimum Gasteiger partial charge on any atom is -0.394 e. The van der Waals surface area contributed by atoms with E-state index in [1.54, 1.807) is 6.92 Å². The van der Waals surface area contributed by atoms with E-state index in [1.165, 1.54) is 11.8 Å². The maximum atomic E-state index is 10.6. The highest BCUT2D eigenvalue weighted by Crippen LogP contribution is 2.17. The molecule has 78 valence electrons. The van der Waals surface area contributed by atoms with Crippen molar-refractivity contribution >= 4 is 6.29 Å². The first-order valence-corrected chi connectivity index (χ1v) is 4.26. The first-order chi connectivity index (χ1) is 6.74. The third-order valence-electron chi connectivity index (χ3n) is 1.96. The van der Waals surface area contributed by atoms with Crippen LogP contribution >= 0.6 is 0 Å². The first-order valence-electron chi connectivity index (χ1n) is 4.26. The smallest absolute Gasteiger partial charge is 0.172 e. The Hall–Kier alpha value is -1.27. The van der Waals surface area contributed by atoms with Crippen molar-refractivity contribution in [2.24, 2.45) is 0 Å². The molecule has 0 bridgehead atoms. The highest BCUT2D eigenvalue weighted by molar-refractivity contribution is 5.73. The van der Waals surface area contributed by atoms with Gasteiger partial charge in [-0.15, -0.1) is 5.10 Å². The quantitative estimate of drug-likeness (QED) is 0.664. The van der Waals surface area contributed by atoms with Gasteiger partial charge >= 0.3 is 0 Å². The maximum Gasteiger partial charge on any atom is 0.172 e. The summed E-state index contributed by atoms with van der Waals surface area (Å²) in [5.41, 5.74) is 0.851. The number of aldehydes is 1. The van der Waals surface area contributed by atoms with Crippen molar-refractivity contribution in [2.75, 3.05) is 13.7 Å². The van der Waals surface area contributed by atoms with Crippen molar-refractivity contribution in [3.05, 3.63) is 11.4 Å². The van der Waals surface area contributed by atoms with Crippen LogP contribution in [-0.4, -0.2) is 40.1 Å². The van der Waals surface area contributed by atoms with Gasteiger partial charge in [-0.3, -0.25) is 4.79 Å². The first kappa shape index (κ1) is 10.8. The predicted molar refractivity (Wildman–Crippen MR) is 47.9 cm³/mol. The summed E-state index contributed by atoms with van der Waals surface area (Å²) in [5, 5.41) is 16.2. The van der Waals surface area contributed by atoms with Crippen LogP contribution in [0.3, 0.4) is 0 Å². The van der Waals surface area contributed by atoms with Crippen LogP contribution in [-0.2, 0) is 11.3 Å². The number of carbonyl (C=O) groups excluding carboxylic acids is 1. The van der Waals surface area contributed by atoms with Crippen molar-refractivity contribution in [2.45, 2.75) is 19.6 Å². The number of hydrogen-bond acceptors (Lipinski definition) is 5. The summed E-state index contributed by atoms with van der Waals surface area (Å²) in [6.07, 6.45) is 0.364. The number of aromatic nitrogens is 3. The monoisotopic (exact) mass is 199 g/mol. The molecule has 0 radical (unpaired) electrons. The van der Waals surface area contributed by atoms with Crippen LogP contribution in [0.15, 0.2) is 0 Å². The fraction of sp³-hybridized carbons (Fsp3) is 0.625. The van der Waals surface area contributed by atoms with Crippen molar-refractivity contribution in [3.63, 3.8) is 0 Å². The second-order valence-corrected chi connectivity index (χ2v) is 2.80. The molecule has 0 aromatic carbocycles. The van der Waals surface area contributed by atoms with Gasteiger partial charge in [0.1, 0.15) is 0 Å². The third-order valence-corrected chi connectivity index (χ3v) is 1.96. The van der Waals surface area contributed by atoms with Gasteiger partial charge in [-0.1, -0.05) is 5.21 Å². The Morgan fingerprint density at radius 1 is 1.71 bits per heavy atom. The summed E-state index contributed by atoms with van der Waals surface area (Å²) in [6, 6.07) is 0. The van der Waals surface area contributed by atoms with Gasteiger partial charge in [-0.05, 0) is 6.92 Å². The zero-order valence-corrected chi connectivity index (χ0v) is 8.17. The lowest BCUT2D eigenvalue weighted by molar-refractivity contribution is 0.104. The SMILES string of the molecule is COC(C)c1c(C=O)nnn1CCO.